The van der Waals surface area contributed by atoms with E-state index in [1.54, 1.807) is 0 Å². The summed E-state index contributed by atoms with van der Waals surface area (Å²) in [5, 5.41) is 0.0137. The molecule has 15 heavy (non-hydrogen) atoms. The van der Waals surface area contributed by atoms with Crippen molar-refractivity contribution in [2.75, 3.05) is 6.61 Å². The first-order chi connectivity index (χ1) is 7.04. The summed E-state index contributed by atoms with van der Waals surface area (Å²) in [6.07, 6.45) is -2.67. The summed E-state index contributed by atoms with van der Waals surface area (Å²) in [4.78, 5) is 0. The highest BCUT2D eigenvalue weighted by Gasteiger charge is 2.11. The van der Waals surface area contributed by atoms with Gasteiger partial charge in [0.15, 0.2) is 0 Å². The molecule has 0 bridgehead atoms. The van der Waals surface area contributed by atoms with Crippen molar-refractivity contribution in [2.24, 2.45) is 0 Å². The lowest BCUT2D eigenvalue weighted by molar-refractivity contribution is 0.0815. The Morgan fingerprint density at radius 3 is 2.13 bits per heavy atom. The van der Waals surface area contributed by atoms with Crippen molar-refractivity contribution in [3.05, 3.63) is 29.3 Å². The van der Waals surface area contributed by atoms with Crippen molar-refractivity contribution in [2.45, 2.75) is 11.8 Å². The molecule has 84 valence electrons. The van der Waals surface area contributed by atoms with Gasteiger partial charge in [-0.05, 0) is 0 Å². The summed E-state index contributed by atoms with van der Waals surface area (Å²) < 4.78 is 54.2. The van der Waals surface area contributed by atoms with E-state index in [0.29, 0.717) is 0 Å². The number of benzene rings is 1. The van der Waals surface area contributed by atoms with Gasteiger partial charge >= 0.3 is 0 Å². The fraction of sp³-hybridized carbons (Fsp3) is 0.333. The molecule has 0 heterocycles. The Morgan fingerprint density at radius 1 is 1.20 bits per heavy atom. The highest BCUT2D eigenvalue weighted by Crippen LogP contribution is 2.22. The van der Waals surface area contributed by atoms with Gasteiger partial charge in [0.1, 0.15) is 24.0 Å². The van der Waals surface area contributed by atoms with E-state index in [1.807, 2.05) is 0 Å². The van der Waals surface area contributed by atoms with Gasteiger partial charge in [0.2, 0.25) is 0 Å². The van der Waals surface area contributed by atoms with E-state index >= 15 is 0 Å². The molecule has 1 aromatic rings. The monoisotopic (exact) mass is 286 g/mol. The predicted molar refractivity (Wildman–Crippen MR) is 50.5 cm³/mol. The maximum atomic E-state index is 13.1. The van der Waals surface area contributed by atoms with Gasteiger partial charge in [-0.2, -0.15) is 0 Å². The van der Waals surface area contributed by atoms with Gasteiger partial charge < -0.3 is 4.74 Å². The molecule has 0 unspecified atom stereocenters. The molecule has 0 aliphatic rings. The molecular weight excluding hydrogens is 280 g/mol. The van der Waals surface area contributed by atoms with Gasteiger partial charge in [-0.25, -0.2) is 17.6 Å². The Hall–Kier alpha value is -0.780. The van der Waals surface area contributed by atoms with E-state index in [2.05, 4.69) is 20.7 Å². The fourth-order valence-corrected chi connectivity index (χ4v) is 1.49. The lowest BCUT2D eigenvalue weighted by Gasteiger charge is -2.07. The molecule has 0 spiro atoms. The maximum Gasteiger partial charge on any atom is 0.272 e. The van der Waals surface area contributed by atoms with Crippen LogP contribution in [0.3, 0.4) is 0 Å². The van der Waals surface area contributed by atoms with E-state index in [-0.39, 0.29) is 16.6 Å². The second-order valence-corrected chi connectivity index (χ2v) is 3.26. The third kappa shape index (κ3) is 3.37. The summed E-state index contributed by atoms with van der Waals surface area (Å²) in [5.41, 5.74) is -0.153. The van der Waals surface area contributed by atoms with E-state index in [4.69, 9.17) is 0 Å². The second-order valence-electron chi connectivity index (χ2n) is 2.70. The first-order valence-corrected chi connectivity index (χ1v) is 5.11. The van der Waals surface area contributed by atoms with Crippen LogP contribution in [-0.2, 0) is 5.33 Å². The van der Waals surface area contributed by atoms with Gasteiger partial charge in [0, 0.05) is 23.0 Å². The molecule has 0 radical (unpaired) electrons. The molecule has 0 amide bonds. The van der Waals surface area contributed by atoms with E-state index in [0.717, 1.165) is 12.1 Å². The zero-order chi connectivity index (χ0) is 11.4. The van der Waals surface area contributed by atoms with Crippen molar-refractivity contribution in [1.29, 1.82) is 0 Å². The molecule has 1 nitrogen and oxygen atoms in total. The highest BCUT2D eigenvalue weighted by molar-refractivity contribution is 9.08. The van der Waals surface area contributed by atoms with E-state index in [9.17, 15) is 17.6 Å². The standard InChI is InChI=1S/C9H7BrF4O/c10-3-6-7(11)1-5(2-8(6)12)15-4-9(13)14/h1-2,9H,3-4H2. The summed E-state index contributed by atoms with van der Waals surface area (Å²) >= 11 is 2.91. The number of rotatable bonds is 4. The SMILES string of the molecule is Fc1cc(OCC(F)F)cc(F)c1CBr. The van der Waals surface area contributed by atoms with Crippen molar-refractivity contribution in [3.8, 4) is 5.75 Å². The van der Waals surface area contributed by atoms with Crippen LogP contribution in [0.1, 0.15) is 5.56 Å². The van der Waals surface area contributed by atoms with Crippen LogP contribution in [0.15, 0.2) is 12.1 Å². The summed E-state index contributed by atoms with van der Waals surface area (Å²) in [7, 11) is 0. The van der Waals surface area contributed by atoms with Gasteiger partial charge in [-0.1, -0.05) is 15.9 Å². The van der Waals surface area contributed by atoms with Crippen molar-refractivity contribution in [1.82, 2.24) is 0 Å². The van der Waals surface area contributed by atoms with Gasteiger partial charge in [0.05, 0.1) is 0 Å². The Balaban J connectivity index is 2.84. The largest absolute Gasteiger partial charge is 0.487 e. The average Bonchev–Trinajstić information content (AvgIpc) is 2.14. The predicted octanol–water partition coefficient (Wildman–Crippen LogP) is 3.50. The van der Waals surface area contributed by atoms with Gasteiger partial charge in [-0.3, -0.25) is 0 Å². The Morgan fingerprint density at radius 2 is 1.73 bits per heavy atom. The van der Waals surface area contributed by atoms with Crippen molar-refractivity contribution >= 4 is 15.9 Å². The first-order valence-electron chi connectivity index (χ1n) is 3.99. The van der Waals surface area contributed by atoms with Gasteiger partial charge in [-0.15, -0.1) is 0 Å². The average molecular weight is 287 g/mol. The van der Waals surface area contributed by atoms with Gasteiger partial charge in [0.25, 0.3) is 6.43 Å². The quantitative estimate of drug-likeness (QED) is 0.608. The molecule has 0 saturated heterocycles. The van der Waals surface area contributed by atoms with Crippen LogP contribution in [0.4, 0.5) is 17.6 Å². The number of ether oxygens (including phenoxy) is 1. The van der Waals surface area contributed by atoms with Crippen LogP contribution in [0.2, 0.25) is 0 Å². The molecule has 0 aliphatic carbocycles. The number of alkyl halides is 3. The molecule has 1 rings (SSSR count). The molecule has 0 fully saturated rings. The minimum atomic E-state index is -2.67. The topological polar surface area (TPSA) is 9.23 Å². The maximum absolute atomic E-state index is 13.1. The van der Waals surface area contributed by atoms with E-state index < -0.39 is 24.7 Å². The molecule has 0 saturated carbocycles. The lowest BCUT2D eigenvalue weighted by Crippen LogP contribution is -2.07. The normalized spacial score (nSPS) is 10.8. The van der Waals surface area contributed by atoms with Crippen LogP contribution in [0.25, 0.3) is 0 Å². The van der Waals surface area contributed by atoms with E-state index in [1.165, 1.54) is 0 Å². The first kappa shape index (κ1) is 12.3. The van der Waals surface area contributed by atoms with Crippen LogP contribution in [0, 0.1) is 11.6 Å². The summed E-state index contributed by atoms with van der Waals surface area (Å²) in [6, 6.07) is 1.75. The third-order valence-electron chi connectivity index (χ3n) is 1.62. The molecular formula is C9H7BrF4O. The van der Waals surface area contributed by atoms with Crippen LogP contribution < -0.4 is 4.74 Å². The van der Waals surface area contributed by atoms with Crippen LogP contribution >= 0.6 is 15.9 Å². The Kier molecular flexibility index (Phi) is 4.38. The zero-order valence-electron chi connectivity index (χ0n) is 7.44. The molecule has 0 aromatic heterocycles. The highest BCUT2D eigenvalue weighted by atomic mass is 79.9. The minimum absolute atomic E-state index is 0.0137. The number of hydrogen-bond acceptors (Lipinski definition) is 1. The summed E-state index contributed by atoms with van der Waals surface area (Å²) in [5.74, 6) is -1.89. The molecule has 0 aliphatic heterocycles. The molecule has 0 atom stereocenters. The Labute approximate surface area is 92.2 Å². The van der Waals surface area contributed by atoms with Crippen molar-refractivity contribution in [3.63, 3.8) is 0 Å². The fourth-order valence-electron chi connectivity index (χ4n) is 0.950. The number of halogens is 5. The lowest BCUT2D eigenvalue weighted by atomic mass is 10.2. The second kappa shape index (κ2) is 5.34. The smallest absolute Gasteiger partial charge is 0.272 e. The number of hydrogen-bond donors (Lipinski definition) is 0. The molecule has 6 heteroatoms. The third-order valence-corrected chi connectivity index (χ3v) is 2.18. The van der Waals surface area contributed by atoms with Crippen LogP contribution in [0.5, 0.6) is 5.75 Å². The summed E-state index contributed by atoms with van der Waals surface area (Å²) in [6.45, 7) is -0.882. The molecule has 0 N–H and O–H groups in total. The van der Waals surface area contributed by atoms with Crippen molar-refractivity contribution < 1.29 is 22.3 Å². The minimum Gasteiger partial charge on any atom is -0.487 e. The molecule has 1 aromatic carbocycles. The van der Waals surface area contributed by atoms with Crippen LogP contribution in [-0.4, -0.2) is 13.0 Å². The Bertz CT molecular complexity index is 320. The zero-order valence-corrected chi connectivity index (χ0v) is 9.03.